The van der Waals surface area contributed by atoms with E-state index in [0.717, 1.165) is 41.3 Å². The van der Waals surface area contributed by atoms with E-state index in [-0.39, 0.29) is 6.10 Å². The third kappa shape index (κ3) is 3.30. The van der Waals surface area contributed by atoms with Crippen molar-refractivity contribution in [2.75, 3.05) is 18.1 Å². The summed E-state index contributed by atoms with van der Waals surface area (Å²) in [4.78, 5) is 7.13. The zero-order chi connectivity index (χ0) is 14.8. The molecule has 0 radical (unpaired) electrons. The number of ether oxygens (including phenoxy) is 1. The Bertz CT molecular complexity index is 628. The Morgan fingerprint density at radius 2 is 2.33 bits per heavy atom. The Labute approximate surface area is 138 Å². The molecule has 0 spiro atoms. The van der Waals surface area contributed by atoms with Crippen LogP contribution in [0.1, 0.15) is 36.2 Å². The van der Waals surface area contributed by atoms with Gasteiger partial charge in [0.1, 0.15) is 11.1 Å². The van der Waals surface area contributed by atoms with Gasteiger partial charge in [0.2, 0.25) is 0 Å². The number of hydrogen-bond acceptors (Lipinski definition) is 4. The topological polar surface area (TPSA) is 25.4 Å². The largest absolute Gasteiger partial charge is 0.372 e. The van der Waals surface area contributed by atoms with Gasteiger partial charge in [-0.05, 0) is 44.0 Å². The van der Waals surface area contributed by atoms with Gasteiger partial charge in [-0.1, -0.05) is 15.9 Å². The molecule has 3 nitrogen and oxygen atoms in total. The van der Waals surface area contributed by atoms with Crippen molar-refractivity contribution in [3.8, 4) is 0 Å². The molecule has 0 fully saturated rings. The summed E-state index contributed by atoms with van der Waals surface area (Å²) in [7, 11) is 0. The van der Waals surface area contributed by atoms with E-state index >= 15 is 0 Å². The first-order valence-corrected chi connectivity index (χ1v) is 8.94. The average Bonchev–Trinajstić information content (AvgIpc) is 3.07. The van der Waals surface area contributed by atoms with E-state index in [1.165, 1.54) is 11.3 Å². The minimum atomic E-state index is 0.0931. The molecule has 0 saturated carbocycles. The summed E-state index contributed by atoms with van der Waals surface area (Å²) < 4.78 is 6.77. The van der Waals surface area contributed by atoms with Gasteiger partial charge < -0.3 is 9.64 Å². The van der Waals surface area contributed by atoms with E-state index < -0.39 is 0 Å². The summed E-state index contributed by atoms with van der Waals surface area (Å²) in [5, 5.41) is 3.23. The van der Waals surface area contributed by atoms with Gasteiger partial charge in [0.15, 0.2) is 0 Å². The average molecular weight is 367 g/mol. The number of halogens is 1. The predicted molar refractivity (Wildman–Crippen MR) is 91.1 cm³/mol. The SMILES string of the molecule is CCO[C@H](C)c1nc(CN2CCc3cc(Br)ccc32)cs1. The van der Waals surface area contributed by atoms with Gasteiger partial charge >= 0.3 is 0 Å². The lowest BCUT2D eigenvalue weighted by Gasteiger charge is -2.18. The second kappa shape index (κ2) is 6.46. The molecular weight excluding hydrogens is 348 g/mol. The highest BCUT2D eigenvalue weighted by atomic mass is 79.9. The molecule has 0 aliphatic carbocycles. The number of rotatable bonds is 5. The molecule has 1 aromatic heterocycles. The fourth-order valence-electron chi connectivity index (χ4n) is 2.70. The van der Waals surface area contributed by atoms with E-state index in [1.807, 2.05) is 6.92 Å². The first-order valence-electron chi connectivity index (χ1n) is 7.26. The van der Waals surface area contributed by atoms with Crippen molar-refractivity contribution in [2.45, 2.75) is 32.9 Å². The van der Waals surface area contributed by atoms with Crippen LogP contribution in [0.25, 0.3) is 0 Å². The number of hydrogen-bond donors (Lipinski definition) is 0. The van der Waals surface area contributed by atoms with Crippen molar-refractivity contribution in [2.24, 2.45) is 0 Å². The quantitative estimate of drug-likeness (QED) is 0.774. The van der Waals surface area contributed by atoms with Crippen molar-refractivity contribution in [1.82, 2.24) is 4.98 Å². The molecule has 1 atom stereocenters. The zero-order valence-electron chi connectivity index (χ0n) is 12.3. The molecule has 2 heterocycles. The molecule has 0 amide bonds. The molecule has 0 saturated heterocycles. The number of fused-ring (bicyclic) bond motifs is 1. The summed E-state index contributed by atoms with van der Waals surface area (Å²) in [5.74, 6) is 0. The molecule has 1 aromatic carbocycles. The number of nitrogens with zero attached hydrogens (tertiary/aromatic N) is 2. The van der Waals surface area contributed by atoms with Crippen LogP contribution in [0.15, 0.2) is 28.1 Å². The lowest BCUT2D eigenvalue weighted by molar-refractivity contribution is 0.0761. The highest BCUT2D eigenvalue weighted by Gasteiger charge is 2.20. The van der Waals surface area contributed by atoms with Crippen molar-refractivity contribution < 1.29 is 4.74 Å². The normalized spacial score (nSPS) is 15.3. The Morgan fingerprint density at radius 3 is 3.14 bits per heavy atom. The molecule has 0 bridgehead atoms. The summed E-state index contributed by atoms with van der Waals surface area (Å²) in [5.41, 5.74) is 3.89. The van der Waals surface area contributed by atoms with Gasteiger partial charge in [-0.15, -0.1) is 11.3 Å². The molecule has 1 aliphatic heterocycles. The van der Waals surface area contributed by atoms with Gasteiger partial charge in [-0.25, -0.2) is 4.98 Å². The molecule has 0 unspecified atom stereocenters. The first kappa shape index (κ1) is 15.0. The van der Waals surface area contributed by atoms with E-state index in [4.69, 9.17) is 9.72 Å². The van der Waals surface area contributed by atoms with E-state index in [2.05, 4.69) is 51.3 Å². The molecule has 5 heteroatoms. The van der Waals surface area contributed by atoms with E-state index in [1.54, 1.807) is 11.3 Å². The van der Waals surface area contributed by atoms with Gasteiger partial charge in [-0.2, -0.15) is 0 Å². The Balaban J connectivity index is 1.71. The minimum Gasteiger partial charge on any atom is -0.372 e. The fourth-order valence-corrected chi connectivity index (χ4v) is 3.92. The molecule has 112 valence electrons. The van der Waals surface area contributed by atoms with Crippen LogP contribution in [0, 0.1) is 0 Å². The van der Waals surface area contributed by atoms with E-state index in [9.17, 15) is 0 Å². The van der Waals surface area contributed by atoms with Crippen LogP contribution >= 0.6 is 27.3 Å². The standard InChI is InChI=1S/C16H19BrN2OS/c1-3-20-11(2)16-18-14(10-21-16)9-19-7-6-12-8-13(17)4-5-15(12)19/h4-5,8,10-11H,3,6-7,9H2,1-2H3/t11-/m1/s1. The molecule has 2 aromatic rings. The monoisotopic (exact) mass is 366 g/mol. The summed E-state index contributed by atoms with van der Waals surface area (Å²) in [6.07, 6.45) is 1.21. The highest BCUT2D eigenvalue weighted by molar-refractivity contribution is 9.10. The van der Waals surface area contributed by atoms with Crippen LogP contribution in [0.2, 0.25) is 0 Å². The van der Waals surface area contributed by atoms with Crippen molar-refractivity contribution in [3.63, 3.8) is 0 Å². The second-order valence-electron chi connectivity index (χ2n) is 5.22. The summed E-state index contributed by atoms with van der Waals surface area (Å²) in [6.45, 7) is 6.76. The lowest BCUT2D eigenvalue weighted by atomic mass is 10.2. The van der Waals surface area contributed by atoms with Crippen molar-refractivity contribution in [3.05, 3.63) is 44.3 Å². The third-order valence-electron chi connectivity index (χ3n) is 3.72. The molecule has 0 N–H and O–H groups in total. The van der Waals surface area contributed by atoms with Crippen molar-refractivity contribution >= 4 is 33.0 Å². The number of thiazole rings is 1. The van der Waals surface area contributed by atoms with Gasteiger partial charge in [0, 0.05) is 28.7 Å². The zero-order valence-corrected chi connectivity index (χ0v) is 14.7. The molecule has 3 rings (SSSR count). The summed E-state index contributed by atoms with van der Waals surface area (Å²) >= 11 is 5.24. The number of aromatic nitrogens is 1. The summed E-state index contributed by atoms with van der Waals surface area (Å²) in [6, 6.07) is 6.53. The fraction of sp³-hybridized carbons (Fsp3) is 0.438. The van der Waals surface area contributed by atoms with Crippen LogP contribution in [0.5, 0.6) is 0 Å². The maximum Gasteiger partial charge on any atom is 0.122 e. The maximum absolute atomic E-state index is 5.61. The predicted octanol–water partition coefficient (Wildman–Crippen LogP) is 4.57. The second-order valence-corrected chi connectivity index (χ2v) is 7.02. The van der Waals surface area contributed by atoms with Crippen molar-refractivity contribution in [1.29, 1.82) is 0 Å². The maximum atomic E-state index is 5.61. The van der Waals surface area contributed by atoms with Crippen LogP contribution < -0.4 is 4.90 Å². The van der Waals surface area contributed by atoms with E-state index in [0.29, 0.717) is 0 Å². The number of benzene rings is 1. The molecule has 1 aliphatic rings. The van der Waals surface area contributed by atoms with Crippen LogP contribution in [0.4, 0.5) is 5.69 Å². The minimum absolute atomic E-state index is 0.0931. The van der Waals surface area contributed by atoms with Gasteiger partial charge in [-0.3, -0.25) is 0 Å². The smallest absolute Gasteiger partial charge is 0.122 e. The molecular formula is C16H19BrN2OS. The van der Waals surface area contributed by atoms with Crippen LogP contribution in [-0.4, -0.2) is 18.1 Å². The van der Waals surface area contributed by atoms with Gasteiger partial charge in [0.05, 0.1) is 12.2 Å². The van der Waals surface area contributed by atoms with Crippen LogP contribution in [-0.2, 0) is 17.7 Å². The van der Waals surface area contributed by atoms with Gasteiger partial charge in [0.25, 0.3) is 0 Å². The Hall–Kier alpha value is -0.910. The Kier molecular flexibility index (Phi) is 4.62. The Morgan fingerprint density at radius 1 is 1.48 bits per heavy atom. The highest BCUT2D eigenvalue weighted by Crippen LogP contribution is 2.32. The third-order valence-corrected chi connectivity index (χ3v) is 5.27. The lowest BCUT2D eigenvalue weighted by Crippen LogP contribution is -2.19. The number of anilines is 1. The molecule has 21 heavy (non-hydrogen) atoms. The van der Waals surface area contributed by atoms with Crippen LogP contribution in [0.3, 0.4) is 0 Å². The first-order chi connectivity index (χ1) is 10.2.